The van der Waals surface area contributed by atoms with Crippen LogP contribution in [0, 0.1) is 0 Å². The third kappa shape index (κ3) is 5.00. The molecule has 0 aliphatic rings. The van der Waals surface area contributed by atoms with Crippen LogP contribution >= 0.6 is 11.8 Å². The van der Waals surface area contributed by atoms with E-state index in [0.29, 0.717) is 0 Å². The van der Waals surface area contributed by atoms with E-state index in [1.807, 2.05) is 23.9 Å². The fourth-order valence-electron chi connectivity index (χ4n) is 2.27. The van der Waals surface area contributed by atoms with Gasteiger partial charge in [-0.2, -0.15) is 11.8 Å². The monoisotopic (exact) mass is 296 g/mol. The zero-order valence-corrected chi connectivity index (χ0v) is 14.0. The second kappa shape index (κ2) is 9.27. The first-order valence-electron chi connectivity index (χ1n) is 7.36. The first-order valence-corrected chi connectivity index (χ1v) is 8.41. The average Bonchev–Trinajstić information content (AvgIpc) is 2.47. The summed E-state index contributed by atoms with van der Waals surface area (Å²) in [4.78, 5) is 2.44. The van der Waals surface area contributed by atoms with Gasteiger partial charge in [-0.05, 0) is 26.1 Å². The molecular weight excluding hydrogens is 268 g/mol. The Kier molecular flexibility index (Phi) is 8.04. The van der Waals surface area contributed by atoms with Crippen molar-refractivity contribution in [2.75, 3.05) is 32.5 Å². The minimum atomic E-state index is 0.105. The van der Waals surface area contributed by atoms with Crippen LogP contribution in [-0.4, -0.2) is 43.4 Å². The van der Waals surface area contributed by atoms with Gasteiger partial charge in [-0.25, -0.2) is 0 Å². The second-order valence-corrected chi connectivity index (χ2v) is 6.17. The second-order valence-electron chi connectivity index (χ2n) is 4.92. The molecule has 0 bridgehead atoms. The average molecular weight is 296 g/mol. The summed E-state index contributed by atoms with van der Waals surface area (Å²) in [6.45, 7) is 9.80. The molecule has 2 N–H and O–H groups in total. The molecule has 1 rings (SSSR count). The van der Waals surface area contributed by atoms with Gasteiger partial charge in [0.25, 0.3) is 0 Å². The van der Waals surface area contributed by atoms with E-state index in [1.165, 1.54) is 5.56 Å². The van der Waals surface area contributed by atoms with Crippen LogP contribution in [0.25, 0.3) is 0 Å². The van der Waals surface area contributed by atoms with Gasteiger partial charge >= 0.3 is 0 Å². The van der Waals surface area contributed by atoms with E-state index in [-0.39, 0.29) is 11.3 Å². The first-order chi connectivity index (χ1) is 9.63. The van der Waals surface area contributed by atoms with E-state index >= 15 is 0 Å². The lowest BCUT2D eigenvalue weighted by atomic mass is 10.1. The summed E-state index contributed by atoms with van der Waals surface area (Å²) in [5, 5.41) is 0.279. The van der Waals surface area contributed by atoms with E-state index < -0.39 is 0 Å². The molecule has 20 heavy (non-hydrogen) atoms. The molecule has 2 unspecified atom stereocenters. The normalized spacial score (nSPS) is 14.3. The van der Waals surface area contributed by atoms with Crippen molar-refractivity contribution in [3.8, 4) is 5.75 Å². The standard InChI is InChI=1S/C16H28N2OS/c1-5-18(6-2)11-12-20-16(13(3)17)14-9-7-8-10-15(14)19-4/h7-10,13,16H,5-6,11-12,17H2,1-4H3. The Morgan fingerprint density at radius 2 is 1.90 bits per heavy atom. The molecule has 3 nitrogen and oxygen atoms in total. The van der Waals surface area contributed by atoms with Gasteiger partial charge in [0, 0.05) is 29.2 Å². The van der Waals surface area contributed by atoms with Gasteiger partial charge in [0.05, 0.1) is 7.11 Å². The lowest BCUT2D eigenvalue weighted by Gasteiger charge is -2.24. The Bertz CT molecular complexity index is 380. The van der Waals surface area contributed by atoms with Gasteiger partial charge in [0.2, 0.25) is 0 Å². The highest BCUT2D eigenvalue weighted by molar-refractivity contribution is 7.99. The number of thioether (sulfide) groups is 1. The fourth-order valence-corrected chi connectivity index (χ4v) is 3.57. The van der Waals surface area contributed by atoms with Gasteiger partial charge in [0.15, 0.2) is 0 Å². The van der Waals surface area contributed by atoms with Crippen LogP contribution in [0.1, 0.15) is 31.6 Å². The summed E-state index contributed by atoms with van der Waals surface area (Å²) in [5.74, 6) is 2.02. The smallest absolute Gasteiger partial charge is 0.123 e. The minimum Gasteiger partial charge on any atom is -0.496 e. The highest BCUT2D eigenvalue weighted by Gasteiger charge is 2.20. The Morgan fingerprint density at radius 3 is 2.45 bits per heavy atom. The molecule has 0 saturated carbocycles. The molecule has 114 valence electrons. The lowest BCUT2D eigenvalue weighted by molar-refractivity contribution is 0.323. The molecule has 0 radical (unpaired) electrons. The number of benzene rings is 1. The molecule has 0 spiro atoms. The predicted octanol–water partition coefficient (Wildman–Crippen LogP) is 3.16. The Balaban J connectivity index is 2.70. The van der Waals surface area contributed by atoms with E-state index in [0.717, 1.165) is 31.1 Å². The summed E-state index contributed by atoms with van der Waals surface area (Å²) in [6, 6.07) is 8.29. The van der Waals surface area contributed by atoms with Gasteiger partial charge < -0.3 is 15.4 Å². The van der Waals surface area contributed by atoms with E-state index in [2.05, 4.69) is 37.8 Å². The van der Waals surface area contributed by atoms with Crippen molar-refractivity contribution in [1.82, 2.24) is 4.90 Å². The van der Waals surface area contributed by atoms with E-state index in [9.17, 15) is 0 Å². The maximum atomic E-state index is 6.18. The van der Waals surface area contributed by atoms with Crippen LogP contribution < -0.4 is 10.5 Å². The fraction of sp³-hybridized carbons (Fsp3) is 0.625. The van der Waals surface area contributed by atoms with Crippen molar-refractivity contribution in [2.45, 2.75) is 32.1 Å². The van der Waals surface area contributed by atoms with Gasteiger partial charge in [-0.15, -0.1) is 0 Å². The quantitative estimate of drug-likeness (QED) is 0.760. The van der Waals surface area contributed by atoms with Crippen molar-refractivity contribution in [2.24, 2.45) is 5.73 Å². The van der Waals surface area contributed by atoms with Crippen LogP contribution in [0.3, 0.4) is 0 Å². The van der Waals surface area contributed by atoms with Crippen molar-refractivity contribution >= 4 is 11.8 Å². The van der Waals surface area contributed by atoms with Crippen molar-refractivity contribution in [3.05, 3.63) is 29.8 Å². The highest BCUT2D eigenvalue weighted by atomic mass is 32.2. The third-order valence-corrected chi connectivity index (χ3v) is 4.98. The lowest BCUT2D eigenvalue weighted by Crippen LogP contribution is -2.27. The molecule has 0 aromatic heterocycles. The van der Waals surface area contributed by atoms with Crippen molar-refractivity contribution in [1.29, 1.82) is 0 Å². The van der Waals surface area contributed by atoms with Crippen LogP contribution in [0.2, 0.25) is 0 Å². The molecule has 0 aliphatic carbocycles. The number of hydrogen-bond acceptors (Lipinski definition) is 4. The number of nitrogens with two attached hydrogens (primary N) is 1. The molecule has 2 atom stereocenters. The third-order valence-electron chi connectivity index (χ3n) is 3.52. The number of hydrogen-bond donors (Lipinski definition) is 1. The van der Waals surface area contributed by atoms with Crippen LogP contribution in [-0.2, 0) is 0 Å². The molecular formula is C16H28N2OS. The SMILES string of the molecule is CCN(CC)CCSC(c1ccccc1OC)C(C)N. The first kappa shape index (κ1) is 17.3. The van der Waals surface area contributed by atoms with Gasteiger partial charge in [-0.1, -0.05) is 32.0 Å². The maximum Gasteiger partial charge on any atom is 0.123 e. The Labute approximate surface area is 127 Å². The van der Waals surface area contributed by atoms with Gasteiger partial charge in [-0.3, -0.25) is 0 Å². The van der Waals surface area contributed by atoms with Crippen LogP contribution in [0.15, 0.2) is 24.3 Å². The molecule has 0 heterocycles. The number of ether oxygens (including phenoxy) is 1. The summed E-state index contributed by atoms with van der Waals surface area (Å²) in [5.41, 5.74) is 7.39. The van der Waals surface area contributed by atoms with Crippen molar-refractivity contribution < 1.29 is 4.74 Å². The number of para-hydroxylation sites is 1. The molecule has 1 aromatic carbocycles. The minimum absolute atomic E-state index is 0.105. The largest absolute Gasteiger partial charge is 0.496 e. The molecule has 0 amide bonds. The summed E-state index contributed by atoms with van der Waals surface area (Å²) in [6.07, 6.45) is 0. The maximum absolute atomic E-state index is 6.18. The highest BCUT2D eigenvalue weighted by Crippen LogP contribution is 2.36. The van der Waals surface area contributed by atoms with Crippen molar-refractivity contribution in [3.63, 3.8) is 0 Å². The number of methoxy groups -OCH3 is 1. The number of rotatable bonds is 9. The van der Waals surface area contributed by atoms with Crippen LogP contribution in [0.5, 0.6) is 5.75 Å². The zero-order chi connectivity index (χ0) is 15.0. The summed E-state index contributed by atoms with van der Waals surface area (Å²) >= 11 is 1.92. The van der Waals surface area contributed by atoms with Crippen LogP contribution in [0.4, 0.5) is 0 Å². The molecule has 4 heteroatoms. The number of nitrogens with zero attached hydrogens (tertiary/aromatic N) is 1. The summed E-state index contributed by atoms with van der Waals surface area (Å²) < 4.78 is 5.47. The Morgan fingerprint density at radius 1 is 1.25 bits per heavy atom. The topological polar surface area (TPSA) is 38.5 Å². The zero-order valence-electron chi connectivity index (χ0n) is 13.1. The molecule has 0 fully saturated rings. The Hall–Kier alpha value is -0.710. The van der Waals surface area contributed by atoms with E-state index in [4.69, 9.17) is 10.5 Å². The summed E-state index contributed by atoms with van der Waals surface area (Å²) in [7, 11) is 1.72. The molecule has 0 saturated heterocycles. The van der Waals surface area contributed by atoms with E-state index in [1.54, 1.807) is 7.11 Å². The molecule has 0 aliphatic heterocycles. The van der Waals surface area contributed by atoms with Gasteiger partial charge in [0.1, 0.15) is 5.75 Å². The predicted molar refractivity (Wildman–Crippen MR) is 89.6 cm³/mol. The molecule has 1 aromatic rings.